The summed E-state index contributed by atoms with van der Waals surface area (Å²) in [5.41, 5.74) is -3.94. The molecule has 10 heteroatoms. The number of rotatable bonds is 6. The molecular formula is C19H27F6N3O. The van der Waals surface area contributed by atoms with E-state index in [1.807, 2.05) is 34.6 Å². The van der Waals surface area contributed by atoms with Gasteiger partial charge in [-0.2, -0.15) is 26.3 Å². The minimum Gasteiger partial charge on any atom is -0.333 e. The first kappa shape index (κ1) is 25.1. The van der Waals surface area contributed by atoms with Crippen molar-refractivity contribution >= 4 is 11.7 Å². The second-order valence-corrected chi connectivity index (χ2v) is 7.80. The van der Waals surface area contributed by atoms with Crippen LogP contribution in [0, 0.1) is 5.41 Å². The summed E-state index contributed by atoms with van der Waals surface area (Å²) in [6, 6.07) is -0.280. The van der Waals surface area contributed by atoms with Crippen LogP contribution < -0.4 is 10.6 Å². The topological polar surface area (TPSA) is 44.4 Å². The number of nitrogens with zero attached hydrogens (tertiary/aromatic N) is 1. The third-order valence-electron chi connectivity index (χ3n) is 4.53. The van der Waals surface area contributed by atoms with Gasteiger partial charge in [-0.15, -0.1) is 0 Å². The Morgan fingerprint density at radius 3 is 1.72 bits per heavy atom. The molecular weight excluding hydrogens is 400 g/mol. The molecule has 1 rings (SSSR count). The molecule has 0 saturated carbocycles. The van der Waals surface area contributed by atoms with Gasteiger partial charge in [0.15, 0.2) is 0 Å². The number of halogens is 6. The van der Waals surface area contributed by atoms with Crippen LogP contribution >= 0.6 is 0 Å². The quantitative estimate of drug-likeness (QED) is 0.581. The molecule has 2 N–H and O–H groups in total. The van der Waals surface area contributed by atoms with E-state index in [4.69, 9.17) is 0 Å². The maximum absolute atomic E-state index is 13.0. The van der Waals surface area contributed by atoms with E-state index < -0.39 is 35.2 Å². The summed E-state index contributed by atoms with van der Waals surface area (Å²) in [5, 5.41) is 4.78. The summed E-state index contributed by atoms with van der Waals surface area (Å²) in [4.78, 5) is 14.4. The highest BCUT2D eigenvalue weighted by Gasteiger charge is 2.37. The molecule has 2 amide bonds. The van der Waals surface area contributed by atoms with Crippen LogP contribution in [-0.2, 0) is 12.4 Å². The standard InChI is InChI=1S/C19H27F6N3O/c1-6-28(7-2)11-15(17(3,4)5)27-16(29)26-14-9-12(18(20,21)22)8-13(10-14)19(23,24)25/h8-10,15H,6-7,11H2,1-5H3,(H2,26,27,29)/t15-/m1/s1. The predicted octanol–water partition coefficient (Wildman–Crippen LogP) is 5.60. The van der Waals surface area contributed by atoms with Gasteiger partial charge in [0.1, 0.15) is 0 Å². The summed E-state index contributed by atoms with van der Waals surface area (Å²) < 4.78 is 77.8. The molecule has 0 saturated heterocycles. The molecule has 0 fully saturated rings. The van der Waals surface area contributed by atoms with E-state index in [1.54, 1.807) is 0 Å². The molecule has 0 spiro atoms. The zero-order chi connectivity index (χ0) is 22.6. The first-order valence-electron chi connectivity index (χ1n) is 9.17. The van der Waals surface area contributed by atoms with Crippen LogP contribution in [0.4, 0.5) is 36.8 Å². The number of urea groups is 1. The molecule has 0 heterocycles. The second kappa shape index (κ2) is 9.23. The van der Waals surface area contributed by atoms with E-state index in [1.165, 1.54) is 0 Å². The van der Waals surface area contributed by atoms with E-state index in [-0.39, 0.29) is 17.5 Å². The van der Waals surface area contributed by atoms with Crippen molar-refractivity contribution in [3.63, 3.8) is 0 Å². The van der Waals surface area contributed by atoms with E-state index in [9.17, 15) is 31.1 Å². The number of carbonyl (C=O) groups is 1. The Morgan fingerprint density at radius 1 is 0.931 bits per heavy atom. The highest BCUT2D eigenvalue weighted by Crippen LogP contribution is 2.37. The van der Waals surface area contributed by atoms with E-state index in [2.05, 4.69) is 15.5 Å². The number of likely N-dealkylation sites (N-methyl/N-ethyl adjacent to an activating group) is 1. The Morgan fingerprint density at radius 2 is 1.38 bits per heavy atom. The molecule has 0 unspecified atom stereocenters. The lowest BCUT2D eigenvalue weighted by Gasteiger charge is -2.35. The number of hydrogen-bond acceptors (Lipinski definition) is 2. The number of amides is 2. The van der Waals surface area contributed by atoms with Gasteiger partial charge in [-0.1, -0.05) is 34.6 Å². The fourth-order valence-electron chi connectivity index (χ4n) is 2.63. The van der Waals surface area contributed by atoms with Crippen molar-refractivity contribution in [1.29, 1.82) is 0 Å². The first-order chi connectivity index (χ1) is 13.1. The number of anilines is 1. The minimum absolute atomic E-state index is 0.0153. The van der Waals surface area contributed by atoms with Crippen LogP contribution in [0.25, 0.3) is 0 Å². The smallest absolute Gasteiger partial charge is 0.333 e. The third-order valence-corrected chi connectivity index (χ3v) is 4.53. The van der Waals surface area contributed by atoms with Gasteiger partial charge in [-0.3, -0.25) is 0 Å². The highest BCUT2D eigenvalue weighted by atomic mass is 19.4. The second-order valence-electron chi connectivity index (χ2n) is 7.80. The Balaban J connectivity index is 3.10. The molecule has 0 aliphatic heterocycles. The van der Waals surface area contributed by atoms with Crippen LogP contribution in [-0.4, -0.2) is 36.6 Å². The molecule has 1 aromatic carbocycles. The third kappa shape index (κ3) is 7.75. The van der Waals surface area contributed by atoms with Crippen molar-refractivity contribution < 1.29 is 31.1 Å². The van der Waals surface area contributed by atoms with E-state index in [0.29, 0.717) is 18.7 Å². The molecule has 4 nitrogen and oxygen atoms in total. The van der Waals surface area contributed by atoms with E-state index >= 15 is 0 Å². The van der Waals surface area contributed by atoms with Gasteiger partial charge < -0.3 is 15.5 Å². The molecule has 0 radical (unpaired) electrons. The lowest BCUT2D eigenvalue weighted by Crippen LogP contribution is -2.51. The summed E-state index contributed by atoms with van der Waals surface area (Å²) in [6.45, 7) is 11.5. The van der Waals surface area contributed by atoms with Crippen molar-refractivity contribution in [3.05, 3.63) is 29.3 Å². The van der Waals surface area contributed by atoms with Gasteiger partial charge in [-0.25, -0.2) is 4.79 Å². The van der Waals surface area contributed by atoms with Crippen LogP contribution in [0.2, 0.25) is 0 Å². The zero-order valence-corrected chi connectivity index (χ0v) is 17.1. The zero-order valence-electron chi connectivity index (χ0n) is 17.1. The van der Waals surface area contributed by atoms with Crippen LogP contribution in [0.3, 0.4) is 0 Å². The lowest BCUT2D eigenvalue weighted by atomic mass is 9.86. The largest absolute Gasteiger partial charge is 0.416 e. The van der Waals surface area contributed by atoms with E-state index in [0.717, 1.165) is 13.1 Å². The van der Waals surface area contributed by atoms with Crippen molar-refractivity contribution in [2.45, 2.75) is 53.0 Å². The molecule has 0 aromatic heterocycles. The Bertz CT molecular complexity index is 658. The maximum atomic E-state index is 13.0. The first-order valence-corrected chi connectivity index (χ1v) is 9.17. The summed E-state index contributed by atoms with van der Waals surface area (Å²) in [6.07, 6.45) is -9.96. The van der Waals surface area contributed by atoms with Crippen LogP contribution in [0.5, 0.6) is 0 Å². The van der Waals surface area contributed by atoms with Crippen molar-refractivity contribution in [2.24, 2.45) is 5.41 Å². The maximum Gasteiger partial charge on any atom is 0.416 e. The number of alkyl halides is 6. The lowest BCUT2D eigenvalue weighted by molar-refractivity contribution is -0.143. The normalized spacial score (nSPS) is 14.1. The van der Waals surface area contributed by atoms with Gasteiger partial charge in [0.05, 0.1) is 11.1 Å². The fourth-order valence-corrected chi connectivity index (χ4v) is 2.63. The van der Waals surface area contributed by atoms with Gasteiger partial charge in [0, 0.05) is 18.3 Å². The van der Waals surface area contributed by atoms with Gasteiger partial charge in [0.25, 0.3) is 0 Å². The molecule has 166 valence electrons. The molecule has 0 aliphatic carbocycles. The average molecular weight is 427 g/mol. The molecule has 1 aromatic rings. The van der Waals surface area contributed by atoms with Crippen molar-refractivity contribution in [1.82, 2.24) is 10.2 Å². The molecule has 0 bridgehead atoms. The predicted molar refractivity (Wildman–Crippen MR) is 99.6 cm³/mol. The average Bonchev–Trinajstić information content (AvgIpc) is 2.55. The summed E-state index contributed by atoms with van der Waals surface area (Å²) in [5.74, 6) is 0. The van der Waals surface area contributed by atoms with Crippen LogP contribution in [0.1, 0.15) is 45.7 Å². The van der Waals surface area contributed by atoms with Crippen LogP contribution in [0.15, 0.2) is 18.2 Å². The Labute approximate surface area is 166 Å². The number of nitrogens with one attached hydrogen (secondary N) is 2. The monoisotopic (exact) mass is 427 g/mol. The SMILES string of the molecule is CCN(CC)C[C@@H](NC(=O)Nc1cc(C(F)(F)F)cc(C(F)(F)F)c1)C(C)(C)C. The van der Waals surface area contributed by atoms with Gasteiger partial charge >= 0.3 is 18.4 Å². The van der Waals surface area contributed by atoms with Crippen molar-refractivity contribution in [2.75, 3.05) is 25.0 Å². The van der Waals surface area contributed by atoms with Crippen molar-refractivity contribution in [3.8, 4) is 0 Å². The van der Waals surface area contributed by atoms with Gasteiger partial charge in [0.2, 0.25) is 0 Å². The molecule has 1 atom stereocenters. The minimum atomic E-state index is -4.98. The Hall–Kier alpha value is -1.97. The fraction of sp³-hybridized carbons (Fsp3) is 0.632. The summed E-state index contributed by atoms with van der Waals surface area (Å²) in [7, 11) is 0. The molecule has 29 heavy (non-hydrogen) atoms. The number of carbonyl (C=O) groups excluding carboxylic acids is 1. The number of benzene rings is 1. The number of hydrogen-bond donors (Lipinski definition) is 2. The Kier molecular flexibility index (Phi) is 7.98. The molecule has 0 aliphatic rings. The van der Waals surface area contributed by atoms with Gasteiger partial charge in [-0.05, 0) is 36.7 Å². The summed E-state index contributed by atoms with van der Waals surface area (Å²) >= 11 is 0. The highest BCUT2D eigenvalue weighted by molar-refractivity contribution is 5.89.